The first-order valence-electron chi connectivity index (χ1n) is 15.0. The first kappa shape index (κ1) is 35.8. The van der Waals surface area contributed by atoms with Gasteiger partial charge in [0.25, 0.3) is 5.91 Å². The minimum Gasteiger partial charge on any atom is -0.480 e. The topological polar surface area (TPSA) is 191 Å². The van der Waals surface area contributed by atoms with Gasteiger partial charge in [0.2, 0.25) is 5.91 Å². The second-order valence-electron chi connectivity index (χ2n) is 12.3. The van der Waals surface area contributed by atoms with E-state index in [0.29, 0.717) is 19.0 Å². The van der Waals surface area contributed by atoms with Gasteiger partial charge in [0, 0.05) is 64.8 Å². The van der Waals surface area contributed by atoms with Crippen LogP contribution >= 0.6 is 11.6 Å². The summed E-state index contributed by atoms with van der Waals surface area (Å²) < 4.78 is 5.43. The molecule has 6 N–H and O–H groups in total. The molecule has 0 aliphatic carbocycles. The zero-order valence-corrected chi connectivity index (χ0v) is 27.0. The maximum absolute atomic E-state index is 13.2. The number of nitrogens with two attached hydrogens (primary N) is 2. The molecule has 45 heavy (non-hydrogen) atoms. The van der Waals surface area contributed by atoms with E-state index in [1.807, 2.05) is 4.90 Å². The van der Waals surface area contributed by atoms with Crippen molar-refractivity contribution in [1.29, 1.82) is 0 Å². The maximum Gasteiger partial charge on any atom is 0.410 e. The van der Waals surface area contributed by atoms with E-state index < -0.39 is 23.6 Å². The lowest BCUT2D eigenvalue weighted by molar-refractivity contribution is -0.138. The van der Waals surface area contributed by atoms with E-state index in [4.69, 9.17) is 33.0 Å². The Morgan fingerprint density at radius 2 is 1.73 bits per heavy atom. The summed E-state index contributed by atoms with van der Waals surface area (Å²) in [5.41, 5.74) is 4.97. The number of carboxylic acids is 1. The molecule has 3 rings (SSSR count). The Balaban J connectivity index is 1.51. The summed E-state index contributed by atoms with van der Waals surface area (Å²) in [7, 11) is 0. The zero-order chi connectivity index (χ0) is 33.1. The number of carbonyl (C=O) groups excluding carboxylic acids is 3. The lowest BCUT2D eigenvalue weighted by atomic mass is 9.95. The molecular weight excluding hydrogens is 606 g/mol. The SMILES string of the molecule is CC(C)(C)OC(=O)N(CCN(N)/C=C\N)CC(=O)Nc1ccc(C(=O)N2CCC(CN3CCN(CC(=O)O)CC3)CC2)nc1Cl. The van der Waals surface area contributed by atoms with Gasteiger partial charge in [-0.3, -0.25) is 24.2 Å². The second-order valence-corrected chi connectivity index (χ2v) is 12.6. The van der Waals surface area contributed by atoms with E-state index in [0.717, 1.165) is 45.6 Å². The summed E-state index contributed by atoms with van der Waals surface area (Å²) in [6, 6.07) is 3.03. The molecule has 250 valence electrons. The van der Waals surface area contributed by atoms with Crippen molar-refractivity contribution in [2.24, 2.45) is 17.5 Å². The molecule has 1 aromatic rings. The Morgan fingerprint density at radius 1 is 1.09 bits per heavy atom. The molecule has 16 heteroatoms. The van der Waals surface area contributed by atoms with Crippen LogP contribution in [0.1, 0.15) is 44.1 Å². The quantitative estimate of drug-likeness (QED) is 0.143. The first-order chi connectivity index (χ1) is 21.2. The highest BCUT2D eigenvalue weighted by molar-refractivity contribution is 6.32. The summed E-state index contributed by atoms with van der Waals surface area (Å²) in [4.78, 5) is 61.3. The van der Waals surface area contributed by atoms with Gasteiger partial charge in [-0.1, -0.05) is 11.6 Å². The van der Waals surface area contributed by atoms with E-state index in [9.17, 15) is 19.2 Å². The fraction of sp³-hybridized carbons (Fsp3) is 0.621. The van der Waals surface area contributed by atoms with Gasteiger partial charge in [0.05, 0.1) is 18.8 Å². The van der Waals surface area contributed by atoms with Crippen LogP contribution in [0, 0.1) is 5.92 Å². The lowest BCUT2D eigenvalue weighted by Crippen LogP contribution is -2.50. The summed E-state index contributed by atoms with van der Waals surface area (Å²) in [5, 5.41) is 12.9. The number of piperazine rings is 1. The zero-order valence-electron chi connectivity index (χ0n) is 26.3. The summed E-state index contributed by atoms with van der Waals surface area (Å²) in [5.74, 6) is 4.69. The Bertz CT molecular complexity index is 1210. The highest BCUT2D eigenvalue weighted by Gasteiger charge is 2.28. The molecular formula is C29H46ClN9O6. The number of anilines is 1. The van der Waals surface area contributed by atoms with E-state index in [1.165, 1.54) is 34.4 Å². The number of amides is 3. The molecule has 2 fully saturated rings. The van der Waals surface area contributed by atoms with Gasteiger partial charge in [-0.2, -0.15) is 0 Å². The number of nitrogens with one attached hydrogen (secondary N) is 1. The standard InChI is InChI=1S/C29H46ClN9O6/c1-29(2,3)45-28(44)38(16-17-39(32)11-8-31)19-24(40)33-22-4-5-23(34-26(22)30)27(43)37-9-6-21(7-10-37)18-35-12-14-36(15-13-35)20-25(41)42/h4-5,8,11,21H,6-7,9-10,12-20,31-32H2,1-3H3,(H,33,40)(H,41,42)/b11-8-. The average molecular weight is 652 g/mol. The normalized spacial score (nSPS) is 16.9. The second kappa shape index (κ2) is 16.6. The molecule has 15 nitrogen and oxygen atoms in total. The molecule has 0 aromatic carbocycles. The average Bonchev–Trinajstić information content (AvgIpc) is 2.96. The van der Waals surface area contributed by atoms with E-state index in [-0.39, 0.29) is 48.6 Å². The number of aromatic nitrogens is 1. The van der Waals surface area contributed by atoms with Crippen molar-refractivity contribution >= 4 is 41.2 Å². The van der Waals surface area contributed by atoms with Gasteiger partial charge in [-0.25, -0.2) is 15.6 Å². The van der Waals surface area contributed by atoms with E-state index >= 15 is 0 Å². The van der Waals surface area contributed by atoms with Crippen LogP contribution in [0.15, 0.2) is 24.5 Å². The molecule has 3 heterocycles. The number of nitrogens with zero attached hydrogens (tertiary/aromatic N) is 6. The van der Waals surface area contributed by atoms with Gasteiger partial charge in [0.15, 0.2) is 5.15 Å². The van der Waals surface area contributed by atoms with Gasteiger partial charge in [-0.05, 0) is 51.7 Å². The van der Waals surface area contributed by atoms with Crippen molar-refractivity contribution < 1.29 is 29.0 Å². The smallest absolute Gasteiger partial charge is 0.410 e. The number of rotatable bonds is 12. The fourth-order valence-electron chi connectivity index (χ4n) is 5.16. The van der Waals surface area contributed by atoms with Crippen molar-refractivity contribution in [2.75, 3.05) is 77.3 Å². The number of hydrogen-bond acceptors (Lipinski definition) is 11. The molecule has 0 saturated carbocycles. The number of piperidine rings is 1. The number of hydrogen-bond donors (Lipinski definition) is 4. The summed E-state index contributed by atoms with van der Waals surface area (Å²) in [6.45, 7) is 10.5. The number of carboxylic acid groups (broad SMARTS) is 1. The monoisotopic (exact) mass is 651 g/mol. The van der Waals surface area contributed by atoms with Crippen LogP contribution in [-0.4, -0.2) is 136 Å². The van der Waals surface area contributed by atoms with Gasteiger partial charge >= 0.3 is 12.1 Å². The number of hydrazine groups is 1. The van der Waals surface area contributed by atoms with Crippen molar-refractivity contribution in [3.8, 4) is 0 Å². The molecule has 1 aromatic heterocycles. The Morgan fingerprint density at radius 3 is 2.31 bits per heavy atom. The molecule has 2 aliphatic heterocycles. The van der Waals surface area contributed by atoms with Crippen LogP contribution in [0.3, 0.4) is 0 Å². The highest BCUT2D eigenvalue weighted by Crippen LogP contribution is 2.24. The van der Waals surface area contributed by atoms with Crippen molar-refractivity contribution in [3.05, 3.63) is 35.4 Å². The first-order valence-corrected chi connectivity index (χ1v) is 15.4. The third-order valence-electron chi connectivity index (χ3n) is 7.48. The number of likely N-dealkylation sites (tertiary alicyclic amines) is 1. The predicted octanol–water partition coefficient (Wildman–Crippen LogP) is 1.07. The Hall–Kier alpha value is -3.66. The molecule has 0 radical (unpaired) electrons. The van der Waals surface area contributed by atoms with E-state index in [2.05, 4.69) is 15.2 Å². The van der Waals surface area contributed by atoms with Crippen LogP contribution in [0.2, 0.25) is 5.15 Å². The lowest BCUT2D eigenvalue weighted by Gasteiger charge is -2.38. The molecule has 0 spiro atoms. The largest absolute Gasteiger partial charge is 0.480 e. The van der Waals surface area contributed by atoms with Crippen molar-refractivity contribution in [1.82, 2.24) is 29.6 Å². The fourth-order valence-corrected chi connectivity index (χ4v) is 5.36. The van der Waals surface area contributed by atoms with Crippen LogP contribution in [0.5, 0.6) is 0 Å². The number of aliphatic carboxylic acids is 1. The molecule has 2 saturated heterocycles. The predicted molar refractivity (Wildman–Crippen MR) is 169 cm³/mol. The van der Waals surface area contributed by atoms with Gasteiger partial charge < -0.3 is 35.7 Å². The third-order valence-corrected chi connectivity index (χ3v) is 7.76. The maximum atomic E-state index is 13.2. The van der Waals surface area contributed by atoms with Gasteiger partial charge in [0.1, 0.15) is 17.8 Å². The molecule has 0 unspecified atom stereocenters. The van der Waals surface area contributed by atoms with Gasteiger partial charge in [-0.15, -0.1) is 0 Å². The minimum atomic E-state index is -0.801. The Kier molecular flexibility index (Phi) is 13.2. The minimum absolute atomic E-state index is 0.0452. The summed E-state index contributed by atoms with van der Waals surface area (Å²) >= 11 is 6.36. The number of carbonyl (C=O) groups is 4. The van der Waals surface area contributed by atoms with Crippen molar-refractivity contribution in [2.45, 2.75) is 39.2 Å². The number of ether oxygens (including phenoxy) is 1. The van der Waals surface area contributed by atoms with Crippen molar-refractivity contribution in [3.63, 3.8) is 0 Å². The third kappa shape index (κ3) is 12.0. The molecule has 2 aliphatic rings. The van der Waals surface area contributed by atoms with Crippen LogP contribution in [0.25, 0.3) is 0 Å². The van der Waals surface area contributed by atoms with E-state index in [1.54, 1.807) is 25.7 Å². The van der Waals surface area contributed by atoms with Crippen LogP contribution < -0.4 is 16.9 Å². The number of pyridine rings is 1. The molecule has 3 amide bonds. The van der Waals surface area contributed by atoms with Crippen LogP contribution in [-0.2, 0) is 14.3 Å². The number of halogens is 1. The molecule has 0 atom stereocenters. The Labute approximate surface area is 269 Å². The molecule has 0 bridgehead atoms. The summed E-state index contributed by atoms with van der Waals surface area (Å²) in [6.07, 6.45) is 3.73. The van der Waals surface area contributed by atoms with Crippen LogP contribution in [0.4, 0.5) is 10.5 Å². The highest BCUT2D eigenvalue weighted by atomic mass is 35.5.